The van der Waals surface area contributed by atoms with Gasteiger partial charge < -0.3 is 19.7 Å². The number of para-hydroxylation sites is 2. The summed E-state index contributed by atoms with van der Waals surface area (Å²) < 4.78 is 10.8. The number of carbonyl (C=O) groups excluding carboxylic acids is 2. The molecular weight excluding hydrogens is 484 g/mol. The van der Waals surface area contributed by atoms with Crippen LogP contribution in [-0.2, 0) is 9.47 Å². The van der Waals surface area contributed by atoms with Crippen LogP contribution >= 0.6 is 0 Å². The molecule has 198 valence electrons. The van der Waals surface area contributed by atoms with Crippen molar-refractivity contribution in [3.63, 3.8) is 0 Å². The van der Waals surface area contributed by atoms with Crippen LogP contribution in [-0.4, -0.2) is 45.8 Å². The number of aliphatic imine (C=N–C) groups is 2. The molecule has 3 rings (SSSR count). The average Bonchev–Trinajstić information content (AvgIpc) is 2.81. The first-order chi connectivity index (χ1) is 17.7. The molecular formula is C30H32N2O6. The molecule has 0 bridgehead atoms. The van der Waals surface area contributed by atoms with E-state index in [4.69, 9.17) is 9.47 Å². The molecule has 8 heteroatoms. The van der Waals surface area contributed by atoms with Crippen molar-refractivity contribution < 1.29 is 29.3 Å². The van der Waals surface area contributed by atoms with Gasteiger partial charge in [0.25, 0.3) is 0 Å². The molecule has 0 saturated carbocycles. The van der Waals surface area contributed by atoms with E-state index in [0.717, 1.165) is 0 Å². The van der Waals surface area contributed by atoms with Crippen molar-refractivity contribution in [3.8, 4) is 11.5 Å². The molecule has 2 N–H and O–H groups in total. The Morgan fingerprint density at radius 1 is 0.658 bits per heavy atom. The van der Waals surface area contributed by atoms with Crippen LogP contribution in [0, 0.1) is 0 Å². The van der Waals surface area contributed by atoms with Crippen LogP contribution < -0.4 is 0 Å². The number of rotatable bonds is 6. The molecule has 0 aliphatic heterocycles. The number of phenols is 2. The summed E-state index contributed by atoms with van der Waals surface area (Å²) >= 11 is 0. The van der Waals surface area contributed by atoms with Gasteiger partial charge in [-0.3, -0.25) is 9.98 Å². The molecule has 0 aliphatic rings. The number of esters is 2. The van der Waals surface area contributed by atoms with Gasteiger partial charge in [0.15, 0.2) is 0 Å². The van der Waals surface area contributed by atoms with Crippen LogP contribution in [0.5, 0.6) is 11.5 Å². The van der Waals surface area contributed by atoms with E-state index in [-0.39, 0.29) is 22.6 Å². The molecule has 0 amide bonds. The smallest absolute Gasteiger partial charge is 0.338 e. The Morgan fingerprint density at radius 2 is 1.03 bits per heavy atom. The molecule has 0 spiro atoms. The second kappa shape index (κ2) is 11.3. The van der Waals surface area contributed by atoms with Gasteiger partial charge in [-0.15, -0.1) is 0 Å². The first-order valence-electron chi connectivity index (χ1n) is 12.0. The van der Waals surface area contributed by atoms with Crippen molar-refractivity contribution >= 4 is 35.7 Å². The minimum absolute atomic E-state index is 0.0501. The molecule has 8 nitrogen and oxygen atoms in total. The van der Waals surface area contributed by atoms with Gasteiger partial charge in [-0.05, 0) is 90.1 Å². The maximum Gasteiger partial charge on any atom is 0.338 e. The molecule has 3 aromatic rings. The highest BCUT2D eigenvalue weighted by molar-refractivity contribution is 5.96. The van der Waals surface area contributed by atoms with E-state index in [1.807, 2.05) is 0 Å². The van der Waals surface area contributed by atoms with Gasteiger partial charge in [-0.1, -0.05) is 12.1 Å². The highest BCUT2D eigenvalue weighted by Crippen LogP contribution is 2.29. The lowest BCUT2D eigenvalue weighted by Gasteiger charge is -2.19. The molecule has 0 atom stereocenters. The van der Waals surface area contributed by atoms with E-state index in [9.17, 15) is 19.8 Å². The number of hydrogen-bond donors (Lipinski definition) is 2. The van der Waals surface area contributed by atoms with E-state index in [1.165, 1.54) is 48.8 Å². The lowest BCUT2D eigenvalue weighted by molar-refractivity contribution is 0.00569. The zero-order chi connectivity index (χ0) is 28.1. The summed E-state index contributed by atoms with van der Waals surface area (Å²) in [6.07, 6.45) is 2.86. The molecule has 0 aliphatic carbocycles. The Bertz CT molecular complexity index is 1290. The molecule has 38 heavy (non-hydrogen) atoms. The number of carbonyl (C=O) groups is 2. The number of phenolic OH excluding ortho intramolecular Hbond substituents is 2. The largest absolute Gasteiger partial charge is 0.507 e. The van der Waals surface area contributed by atoms with Gasteiger partial charge in [-0.2, -0.15) is 0 Å². The highest BCUT2D eigenvalue weighted by atomic mass is 16.6. The van der Waals surface area contributed by atoms with Gasteiger partial charge in [0.1, 0.15) is 22.7 Å². The second-order valence-corrected chi connectivity index (χ2v) is 10.6. The first-order valence-corrected chi connectivity index (χ1v) is 12.0. The van der Waals surface area contributed by atoms with E-state index >= 15 is 0 Å². The normalized spacial score (nSPS) is 12.2. The summed E-state index contributed by atoms with van der Waals surface area (Å²) in [6.45, 7) is 10.7. The lowest BCUT2D eigenvalue weighted by atomic mass is 10.1. The van der Waals surface area contributed by atoms with Crippen LogP contribution in [0.2, 0.25) is 0 Å². The van der Waals surface area contributed by atoms with Gasteiger partial charge in [-0.25, -0.2) is 9.59 Å². The van der Waals surface area contributed by atoms with Crippen molar-refractivity contribution in [2.24, 2.45) is 9.98 Å². The van der Waals surface area contributed by atoms with Crippen molar-refractivity contribution in [1.82, 2.24) is 0 Å². The van der Waals surface area contributed by atoms with Crippen LogP contribution in [0.15, 0.2) is 70.6 Å². The fourth-order valence-corrected chi connectivity index (χ4v) is 3.20. The molecule has 0 saturated heterocycles. The van der Waals surface area contributed by atoms with Crippen molar-refractivity contribution in [2.75, 3.05) is 0 Å². The topological polar surface area (TPSA) is 118 Å². The van der Waals surface area contributed by atoms with Crippen LogP contribution in [0.3, 0.4) is 0 Å². The maximum absolute atomic E-state index is 12.4. The third kappa shape index (κ3) is 8.03. The van der Waals surface area contributed by atoms with Gasteiger partial charge >= 0.3 is 11.9 Å². The Labute approximate surface area is 222 Å². The van der Waals surface area contributed by atoms with E-state index in [2.05, 4.69) is 9.98 Å². The minimum Gasteiger partial charge on any atom is -0.507 e. The summed E-state index contributed by atoms with van der Waals surface area (Å²) in [4.78, 5) is 33.7. The van der Waals surface area contributed by atoms with Gasteiger partial charge in [0.2, 0.25) is 0 Å². The minimum atomic E-state index is -0.652. The Kier molecular flexibility index (Phi) is 8.36. The number of hydrogen-bond acceptors (Lipinski definition) is 8. The number of aromatic hydroxyl groups is 2. The third-order valence-electron chi connectivity index (χ3n) is 4.89. The standard InChI is InChI=1S/C30H32N2O6/c1-29(2,3)37-27(35)19-11-13-25(33)21(15-19)17-31-23-9-7-8-10-24(23)32-18-22-16-20(12-14-26(22)34)28(36)38-30(4,5)6/h7-18,33-34H,1-6H3. The molecule has 0 radical (unpaired) electrons. The summed E-state index contributed by atoms with van der Waals surface area (Å²) in [5.41, 5.74) is 0.880. The lowest BCUT2D eigenvalue weighted by Crippen LogP contribution is -2.23. The monoisotopic (exact) mass is 516 g/mol. The van der Waals surface area contributed by atoms with Gasteiger partial charge in [0.05, 0.1) is 22.5 Å². The Morgan fingerprint density at radius 3 is 1.37 bits per heavy atom. The molecule has 0 heterocycles. The number of benzene rings is 3. The zero-order valence-electron chi connectivity index (χ0n) is 22.4. The van der Waals surface area contributed by atoms with E-state index in [1.54, 1.807) is 65.8 Å². The summed E-state index contributed by atoms with van der Waals surface area (Å²) in [5.74, 6) is -1.12. The fourth-order valence-electron chi connectivity index (χ4n) is 3.20. The highest BCUT2D eigenvalue weighted by Gasteiger charge is 2.19. The van der Waals surface area contributed by atoms with Crippen molar-refractivity contribution in [2.45, 2.75) is 52.7 Å². The first kappa shape index (κ1) is 28.1. The quantitative estimate of drug-likeness (QED) is 0.285. The number of ether oxygens (including phenoxy) is 2. The zero-order valence-corrected chi connectivity index (χ0v) is 22.4. The third-order valence-corrected chi connectivity index (χ3v) is 4.89. The van der Waals surface area contributed by atoms with Gasteiger partial charge in [0, 0.05) is 23.6 Å². The van der Waals surface area contributed by atoms with Crippen LogP contribution in [0.4, 0.5) is 11.4 Å². The predicted molar refractivity (Wildman–Crippen MR) is 148 cm³/mol. The molecule has 0 unspecified atom stereocenters. The van der Waals surface area contributed by atoms with E-state index in [0.29, 0.717) is 22.5 Å². The number of nitrogens with zero attached hydrogens (tertiary/aromatic N) is 2. The Balaban J connectivity index is 1.87. The summed E-state index contributed by atoms with van der Waals surface area (Å²) in [6, 6.07) is 15.8. The second-order valence-electron chi connectivity index (χ2n) is 10.6. The fraction of sp³-hybridized carbons (Fsp3) is 0.267. The van der Waals surface area contributed by atoms with Crippen LogP contribution in [0.1, 0.15) is 73.4 Å². The summed E-state index contributed by atoms with van der Waals surface area (Å²) in [7, 11) is 0. The molecule has 0 fully saturated rings. The van der Waals surface area contributed by atoms with Crippen LogP contribution in [0.25, 0.3) is 0 Å². The van der Waals surface area contributed by atoms with Crippen molar-refractivity contribution in [3.05, 3.63) is 82.9 Å². The molecule has 0 aromatic heterocycles. The Hall–Kier alpha value is -4.46. The van der Waals surface area contributed by atoms with Crippen molar-refractivity contribution in [1.29, 1.82) is 0 Å². The molecule has 3 aromatic carbocycles. The summed E-state index contributed by atoms with van der Waals surface area (Å²) in [5, 5.41) is 20.6. The predicted octanol–water partition coefficient (Wildman–Crippen LogP) is 6.51. The average molecular weight is 517 g/mol. The maximum atomic E-state index is 12.4. The SMILES string of the molecule is CC(C)(C)OC(=O)c1ccc(O)c(C=Nc2ccccc2N=Cc2cc(C(=O)OC(C)(C)C)ccc2O)c1. The van der Waals surface area contributed by atoms with E-state index < -0.39 is 23.1 Å².